The predicted molar refractivity (Wildman–Crippen MR) is 131 cm³/mol. The highest BCUT2D eigenvalue weighted by Crippen LogP contribution is 2.46. The summed E-state index contributed by atoms with van der Waals surface area (Å²) >= 11 is 3.93. The average molecular weight is 447 g/mol. The van der Waals surface area contributed by atoms with Gasteiger partial charge in [-0.3, -0.25) is 0 Å². The van der Waals surface area contributed by atoms with Crippen LogP contribution in [0.15, 0.2) is 59.8 Å². The summed E-state index contributed by atoms with van der Waals surface area (Å²) in [5, 5.41) is 10.2. The number of thioether (sulfide) groups is 1. The molecular weight excluding hydrogens is 420 g/mol. The molecule has 0 spiro atoms. The third kappa shape index (κ3) is 4.23. The Hall–Kier alpha value is -2.31. The molecule has 2 fully saturated rings. The second kappa shape index (κ2) is 8.32. The van der Waals surface area contributed by atoms with Gasteiger partial charge in [0.25, 0.3) is 0 Å². The van der Waals surface area contributed by atoms with Gasteiger partial charge in [-0.15, -0.1) is 23.1 Å². The van der Waals surface area contributed by atoms with Gasteiger partial charge in [-0.25, -0.2) is 9.50 Å². The summed E-state index contributed by atoms with van der Waals surface area (Å²) in [5.41, 5.74) is 3.51. The van der Waals surface area contributed by atoms with Crippen molar-refractivity contribution in [3.63, 3.8) is 0 Å². The minimum absolute atomic E-state index is 0.669. The van der Waals surface area contributed by atoms with Gasteiger partial charge in [0.1, 0.15) is 0 Å². The lowest BCUT2D eigenvalue weighted by Gasteiger charge is -2.18. The Morgan fingerprint density at radius 1 is 1.00 bits per heavy atom. The molecule has 0 atom stereocenters. The van der Waals surface area contributed by atoms with Crippen LogP contribution in [0.4, 0.5) is 11.5 Å². The van der Waals surface area contributed by atoms with E-state index in [1.165, 1.54) is 65.3 Å². The quantitative estimate of drug-likeness (QED) is 0.333. The van der Waals surface area contributed by atoms with Gasteiger partial charge in [0.15, 0.2) is 5.82 Å². The Morgan fingerprint density at radius 3 is 2.74 bits per heavy atom. The van der Waals surface area contributed by atoms with E-state index in [9.17, 15) is 0 Å². The molecule has 6 rings (SSSR count). The summed E-state index contributed by atoms with van der Waals surface area (Å²) in [5.74, 6) is 1.54. The molecule has 6 heteroatoms. The summed E-state index contributed by atoms with van der Waals surface area (Å²) in [7, 11) is 0. The number of rotatable bonds is 6. The highest BCUT2D eigenvalue weighted by molar-refractivity contribution is 8.00. The molecule has 2 saturated carbocycles. The summed E-state index contributed by atoms with van der Waals surface area (Å²) in [4.78, 5) is 7.51. The van der Waals surface area contributed by atoms with Crippen LogP contribution < -0.4 is 5.32 Å². The molecule has 0 unspecified atom stereocenters. The highest BCUT2D eigenvalue weighted by Gasteiger charge is 2.25. The van der Waals surface area contributed by atoms with Crippen molar-refractivity contribution in [1.29, 1.82) is 0 Å². The van der Waals surface area contributed by atoms with Gasteiger partial charge >= 0.3 is 0 Å². The third-order valence-corrected chi connectivity index (χ3v) is 8.78. The van der Waals surface area contributed by atoms with Crippen molar-refractivity contribution in [3.05, 3.63) is 59.9 Å². The fourth-order valence-corrected chi connectivity index (χ4v) is 6.79. The maximum atomic E-state index is 4.85. The van der Waals surface area contributed by atoms with Crippen molar-refractivity contribution >= 4 is 40.1 Å². The number of nitrogens with zero attached hydrogens (tertiary/aromatic N) is 3. The monoisotopic (exact) mass is 446 g/mol. The molecule has 0 aliphatic heterocycles. The van der Waals surface area contributed by atoms with Gasteiger partial charge in [0.2, 0.25) is 0 Å². The van der Waals surface area contributed by atoms with Crippen molar-refractivity contribution in [3.8, 4) is 10.4 Å². The van der Waals surface area contributed by atoms with Crippen LogP contribution in [0.5, 0.6) is 0 Å². The Bertz CT molecular complexity index is 1170. The van der Waals surface area contributed by atoms with Crippen LogP contribution in [0.3, 0.4) is 0 Å². The zero-order valence-electron chi connectivity index (χ0n) is 17.5. The minimum atomic E-state index is 0.669. The molecule has 0 saturated heterocycles. The van der Waals surface area contributed by atoms with Gasteiger partial charge in [0.05, 0.1) is 15.4 Å². The van der Waals surface area contributed by atoms with E-state index in [2.05, 4.69) is 46.9 Å². The molecule has 0 radical (unpaired) electrons. The SMILES string of the molecule is c1ccn2nc(Nc3ccc(-c4cnc(C5CCCCC5)s4)c(SC4CC4)c3)cc2c1. The second-order valence-electron chi connectivity index (χ2n) is 8.65. The zero-order chi connectivity index (χ0) is 20.6. The van der Waals surface area contributed by atoms with Crippen LogP contribution in [0.2, 0.25) is 0 Å². The van der Waals surface area contributed by atoms with E-state index in [1.807, 2.05) is 45.9 Å². The van der Waals surface area contributed by atoms with Crippen molar-refractivity contribution in [1.82, 2.24) is 14.6 Å². The molecule has 4 nitrogen and oxygen atoms in total. The topological polar surface area (TPSA) is 42.2 Å². The molecule has 2 aliphatic rings. The van der Waals surface area contributed by atoms with Gasteiger partial charge in [0, 0.05) is 45.8 Å². The van der Waals surface area contributed by atoms with Crippen LogP contribution in [0, 0.1) is 0 Å². The van der Waals surface area contributed by atoms with Gasteiger partial charge in [-0.1, -0.05) is 31.4 Å². The molecule has 3 aromatic heterocycles. The molecule has 2 aliphatic carbocycles. The van der Waals surface area contributed by atoms with Gasteiger partial charge in [-0.05, 0) is 49.9 Å². The van der Waals surface area contributed by atoms with E-state index >= 15 is 0 Å². The number of hydrogen-bond acceptors (Lipinski definition) is 5. The number of pyridine rings is 1. The minimum Gasteiger partial charge on any atom is -0.339 e. The lowest BCUT2D eigenvalue weighted by molar-refractivity contribution is 0.442. The Morgan fingerprint density at radius 2 is 1.90 bits per heavy atom. The maximum absolute atomic E-state index is 4.85. The van der Waals surface area contributed by atoms with Crippen LogP contribution in [-0.4, -0.2) is 19.8 Å². The van der Waals surface area contributed by atoms with Crippen molar-refractivity contribution in [2.24, 2.45) is 0 Å². The van der Waals surface area contributed by atoms with Crippen molar-refractivity contribution in [2.75, 3.05) is 5.32 Å². The number of anilines is 2. The first-order valence-electron chi connectivity index (χ1n) is 11.3. The lowest BCUT2D eigenvalue weighted by atomic mass is 9.90. The predicted octanol–water partition coefficient (Wildman–Crippen LogP) is 7.50. The van der Waals surface area contributed by atoms with E-state index in [1.54, 1.807) is 0 Å². The maximum Gasteiger partial charge on any atom is 0.153 e. The van der Waals surface area contributed by atoms with E-state index in [-0.39, 0.29) is 0 Å². The molecule has 31 heavy (non-hydrogen) atoms. The molecule has 3 heterocycles. The number of benzene rings is 1. The number of nitrogens with one attached hydrogen (secondary N) is 1. The first-order valence-corrected chi connectivity index (χ1v) is 13.0. The normalized spacial score (nSPS) is 17.3. The second-order valence-corrected chi connectivity index (χ2v) is 11.1. The summed E-state index contributed by atoms with van der Waals surface area (Å²) in [6, 6.07) is 14.9. The van der Waals surface area contributed by atoms with Crippen molar-refractivity contribution < 1.29 is 0 Å². The van der Waals surface area contributed by atoms with Crippen LogP contribution >= 0.6 is 23.1 Å². The fraction of sp³-hybridized carbons (Fsp3) is 0.360. The molecule has 0 bridgehead atoms. The fourth-order valence-electron chi connectivity index (χ4n) is 4.36. The molecular formula is C25H26N4S2. The van der Waals surface area contributed by atoms with Crippen LogP contribution in [-0.2, 0) is 0 Å². The average Bonchev–Trinajstić information content (AvgIpc) is 3.32. The molecule has 0 amide bonds. The molecule has 1 aromatic carbocycles. The highest BCUT2D eigenvalue weighted by atomic mass is 32.2. The third-order valence-electron chi connectivity index (χ3n) is 6.19. The zero-order valence-corrected chi connectivity index (χ0v) is 19.1. The van der Waals surface area contributed by atoms with E-state index in [0.29, 0.717) is 5.92 Å². The smallest absolute Gasteiger partial charge is 0.153 e. The number of thiazole rings is 1. The largest absolute Gasteiger partial charge is 0.339 e. The van der Waals surface area contributed by atoms with Gasteiger partial charge in [-0.2, -0.15) is 5.10 Å². The number of fused-ring (bicyclic) bond motifs is 1. The standard InChI is InChI=1S/C25H26N4S2/c1-2-6-17(7-3-1)25-26-16-23(31-25)21-12-9-18(14-22(21)30-20-10-11-20)27-24-15-19-8-4-5-13-29(19)28-24/h4-5,8-9,12-17,20H,1-3,6-7,10-11H2,(H,27,28). The molecule has 4 aromatic rings. The Balaban J connectivity index is 1.29. The molecule has 1 N–H and O–H groups in total. The van der Waals surface area contributed by atoms with E-state index < -0.39 is 0 Å². The number of aromatic nitrogens is 3. The summed E-state index contributed by atoms with van der Waals surface area (Å²) in [6.07, 6.45) is 13.4. The van der Waals surface area contributed by atoms with Crippen LogP contribution in [0.25, 0.3) is 16.0 Å². The Labute approximate surface area is 191 Å². The van der Waals surface area contributed by atoms with E-state index in [4.69, 9.17) is 4.98 Å². The van der Waals surface area contributed by atoms with E-state index in [0.717, 1.165) is 22.3 Å². The Kier molecular flexibility index (Phi) is 5.20. The first-order chi connectivity index (χ1) is 15.3. The van der Waals surface area contributed by atoms with Crippen LogP contribution in [0.1, 0.15) is 55.9 Å². The van der Waals surface area contributed by atoms with Crippen molar-refractivity contribution in [2.45, 2.75) is 61.0 Å². The molecule has 158 valence electrons. The number of hydrogen-bond donors (Lipinski definition) is 1. The first kappa shape index (κ1) is 19.4. The summed E-state index contributed by atoms with van der Waals surface area (Å²) < 4.78 is 1.90. The van der Waals surface area contributed by atoms with Gasteiger partial charge < -0.3 is 5.32 Å². The summed E-state index contributed by atoms with van der Waals surface area (Å²) in [6.45, 7) is 0. The lowest BCUT2D eigenvalue weighted by Crippen LogP contribution is -2.03.